The molecular weight excluding hydrogens is 190 g/mol. The zero-order valence-corrected chi connectivity index (χ0v) is 8.69. The first-order valence-electron chi connectivity index (χ1n) is 5.18. The standard InChI is InChI=1S/C10H15N5/c1-2-8-12-9(11)14-10(13-8)15-6-4-3-5-7-15/h2H,1,3-7H2,(H2,11,12,13,14). The summed E-state index contributed by atoms with van der Waals surface area (Å²) < 4.78 is 0. The Morgan fingerprint density at radius 1 is 1.13 bits per heavy atom. The van der Waals surface area contributed by atoms with Gasteiger partial charge in [0.05, 0.1) is 0 Å². The van der Waals surface area contributed by atoms with E-state index in [0.717, 1.165) is 13.1 Å². The molecule has 5 heteroatoms. The minimum atomic E-state index is 0.264. The minimum Gasteiger partial charge on any atom is -0.368 e. The molecule has 1 aromatic heterocycles. The zero-order valence-electron chi connectivity index (χ0n) is 8.69. The van der Waals surface area contributed by atoms with Crippen molar-refractivity contribution in [3.05, 3.63) is 12.4 Å². The minimum absolute atomic E-state index is 0.264. The molecule has 0 amide bonds. The van der Waals surface area contributed by atoms with Crippen LogP contribution in [0.15, 0.2) is 6.58 Å². The van der Waals surface area contributed by atoms with Crippen molar-refractivity contribution < 1.29 is 0 Å². The summed E-state index contributed by atoms with van der Waals surface area (Å²) in [6, 6.07) is 0. The molecule has 0 aromatic carbocycles. The number of nitrogens with two attached hydrogens (primary N) is 1. The summed E-state index contributed by atoms with van der Waals surface area (Å²) >= 11 is 0. The Labute approximate surface area is 89.0 Å². The van der Waals surface area contributed by atoms with Gasteiger partial charge in [0, 0.05) is 13.1 Å². The van der Waals surface area contributed by atoms with Crippen molar-refractivity contribution in [3.8, 4) is 0 Å². The molecule has 5 nitrogen and oxygen atoms in total. The van der Waals surface area contributed by atoms with E-state index in [1.165, 1.54) is 19.3 Å². The van der Waals surface area contributed by atoms with Crippen molar-refractivity contribution in [2.45, 2.75) is 19.3 Å². The van der Waals surface area contributed by atoms with E-state index in [-0.39, 0.29) is 5.95 Å². The summed E-state index contributed by atoms with van der Waals surface area (Å²) in [6.45, 7) is 5.63. The number of hydrogen-bond acceptors (Lipinski definition) is 5. The molecule has 1 aromatic rings. The van der Waals surface area contributed by atoms with Gasteiger partial charge in [-0.3, -0.25) is 0 Å². The van der Waals surface area contributed by atoms with Crippen LogP contribution in [-0.4, -0.2) is 28.0 Å². The number of anilines is 2. The number of aromatic nitrogens is 3. The lowest BCUT2D eigenvalue weighted by Gasteiger charge is -2.26. The lowest BCUT2D eigenvalue weighted by molar-refractivity contribution is 0.567. The molecule has 1 saturated heterocycles. The molecule has 0 spiro atoms. The van der Waals surface area contributed by atoms with Gasteiger partial charge in [-0.2, -0.15) is 15.0 Å². The van der Waals surface area contributed by atoms with Crippen LogP contribution in [0.2, 0.25) is 0 Å². The van der Waals surface area contributed by atoms with E-state index in [4.69, 9.17) is 5.73 Å². The van der Waals surface area contributed by atoms with Gasteiger partial charge < -0.3 is 10.6 Å². The van der Waals surface area contributed by atoms with Gasteiger partial charge in [-0.1, -0.05) is 6.58 Å². The number of piperidine rings is 1. The number of nitrogens with zero attached hydrogens (tertiary/aromatic N) is 4. The van der Waals surface area contributed by atoms with Gasteiger partial charge in [-0.05, 0) is 25.3 Å². The monoisotopic (exact) mass is 205 g/mol. The first kappa shape index (κ1) is 9.89. The normalized spacial score (nSPS) is 16.4. The SMILES string of the molecule is C=Cc1nc(N)nc(N2CCCCC2)n1. The number of hydrogen-bond donors (Lipinski definition) is 1. The number of nitrogen functional groups attached to an aromatic ring is 1. The van der Waals surface area contributed by atoms with E-state index in [0.29, 0.717) is 11.8 Å². The first-order chi connectivity index (χ1) is 7.29. The molecule has 0 unspecified atom stereocenters. The van der Waals surface area contributed by atoms with E-state index in [1.54, 1.807) is 6.08 Å². The summed E-state index contributed by atoms with van der Waals surface area (Å²) in [4.78, 5) is 14.5. The van der Waals surface area contributed by atoms with Crippen molar-refractivity contribution >= 4 is 18.0 Å². The van der Waals surface area contributed by atoms with Crippen molar-refractivity contribution in [2.24, 2.45) is 0 Å². The maximum Gasteiger partial charge on any atom is 0.230 e. The van der Waals surface area contributed by atoms with Crippen LogP contribution in [0.5, 0.6) is 0 Å². The van der Waals surface area contributed by atoms with Gasteiger partial charge in [0.25, 0.3) is 0 Å². The second-order valence-electron chi connectivity index (χ2n) is 3.60. The molecule has 1 fully saturated rings. The Morgan fingerprint density at radius 3 is 2.53 bits per heavy atom. The average Bonchev–Trinajstić information content (AvgIpc) is 2.29. The van der Waals surface area contributed by atoms with E-state index in [1.807, 2.05) is 0 Å². The molecule has 0 radical (unpaired) electrons. The van der Waals surface area contributed by atoms with Crippen LogP contribution in [0.4, 0.5) is 11.9 Å². The third kappa shape index (κ3) is 2.23. The first-order valence-corrected chi connectivity index (χ1v) is 5.18. The lowest BCUT2D eigenvalue weighted by atomic mass is 10.1. The highest BCUT2D eigenvalue weighted by molar-refractivity contribution is 5.44. The Balaban J connectivity index is 2.25. The van der Waals surface area contributed by atoms with Crippen LogP contribution < -0.4 is 10.6 Å². The van der Waals surface area contributed by atoms with Crippen molar-refractivity contribution in [1.29, 1.82) is 0 Å². The van der Waals surface area contributed by atoms with E-state index in [9.17, 15) is 0 Å². The molecule has 0 saturated carbocycles. The molecule has 2 heterocycles. The molecule has 2 rings (SSSR count). The fraction of sp³-hybridized carbons (Fsp3) is 0.500. The van der Waals surface area contributed by atoms with Crippen LogP contribution in [0.25, 0.3) is 6.08 Å². The molecule has 15 heavy (non-hydrogen) atoms. The molecule has 0 aliphatic carbocycles. The van der Waals surface area contributed by atoms with Crippen molar-refractivity contribution in [1.82, 2.24) is 15.0 Å². The third-order valence-electron chi connectivity index (χ3n) is 2.48. The highest BCUT2D eigenvalue weighted by Crippen LogP contribution is 2.16. The van der Waals surface area contributed by atoms with E-state index >= 15 is 0 Å². The van der Waals surface area contributed by atoms with Crippen molar-refractivity contribution in [3.63, 3.8) is 0 Å². The molecule has 0 atom stereocenters. The molecule has 80 valence electrons. The average molecular weight is 205 g/mol. The Bertz CT molecular complexity index is 357. The van der Waals surface area contributed by atoms with Gasteiger partial charge in [0.15, 0.2) is 5.82 Å². The summed E-state index contributed by atoms with van der Waals surface area (Å²) in [5, 5.41) is 0. The smallest absolute Gasteiger partial charge is 0.230 e. The van der Waals surface area contributed by atoms with E-state index in [2.05, 4.69) is 26.4 Å². The predicted octanol–water partition coefficient (Wildman–Crippen LogP) is 1.09. The lowest BCUT2D eigenvalue weighted by Crippen LogP contribution is -2.31. The molecule has 1 aliphatic rings. The highest BCUT2D eigenvalue weighted by Gasteiger charge is 2.14. The van der Waals surface area contributed by atoms with Gasteiger partial charge in [-0.15, -0.1) is 0 Å². The molecule has 2 N–H and O–H groups in total. The largest absolute Gasteiger partial charge is 0.368 e. The quantitative estimate of drug-likeness (QED) is 0.782. The molecule has 1 aliphatic heterocycles. The van der Waals surface area contributed by atoms with Crippen LogP contribution in [0.3, 0.4) is 0 Å². The Kier molecular flexibility index (Phi) is 2.80. The fourth-order valence-electron chi connectivity index (χ4n) is 1.72. The number of rotatable bonds is 2. The Morgan fingerprint density at radius 2 is 1.87 bits per heavy atom. The fourth-order valence-corrected chi connectivity index (χ4v) is 1.72. The van der Waals surface area contributed by atoms with Crippen molar-refractivity contribution in [2.75, 3.05) is 23.7 Å². The second kappa shape index (κ2) is 4.25. The topological polar surface area (TPSA) is 67.9 Å². The van der Waals surface area contributed by atoms with Crippen LogP contribution >= 0.6 is 0 Å². The van der Waals surface area contributed by atoms with Gasteiger partial charge in [-0.25, -0.2) is 0 Å². The third-order valence-corrected chi connectivity index (χ3v) is 2.48. The van der Waals surface area contributed by atoms with Gasteiger partial charge in [0.1, 0.15) is 0 Å². The maximum absolute atomic E-state index is 5.60. The van der Waals surface area contributed by atoms with Gasteiger partial charge in [0.2, 0.25) is 11.9 Å². The summed E-state index contributed by atoms with van der Waals surface area (Å²) in [6.07, 6.45) is 5.25. The summed E-state index contributed by atoms with van der Waals surface area (Å²) in [5.74, 6) is 1.49. The summed E-state index contributed by atoms with van der Waals surface area (Å²) in [5.41, 5.74) is 5.60. The Hall–Kier alpha value is -1.65. The predicted molar refractivity (Wildman–Crippen MR) is 60.4 cm³/mol. The van der Waals surface area contributed by atoms with Gasteiger partial charge >= 0.3 is 0 Å². The van der Waals surface area contributed by atoms with Crippen LogP contribution in [-0.2, 0) is 0 Å². The molecular formula is C10H15N5. The summed E-state index contributed by atoms with van der Waals surface area (Å²) in [7, 11) is 0. The van der Waals surface area contributed by atoms with Crippen LogP contribution in [0.1, 0.15) is 25.1 Å². The van der Waals surface area contributed by atoms with E-state index < -0.39 is 0 Å². The highest BCUT2D eigenvalue weighted by atomic mass is 15.3. The van der Waals surface area contributed by atoms with Crippen LogP contribution in [0, 0.1) is 0 Å². The second-order valence-corrected chi connectivity index (χ2v) is 3.60. The molecule has 0 bridgehead atoms. The zero-order chi connectivity index (χ0) is 10.7. The maximum atomic E-state index is 5.60.